The zero-order valence-electron chi connectivity index (χ0n) is 8.86. The lowest BCUT2D eigenvalue weighted by Crippen LogP contribution is -2.11. The van der Waals surface area contributed by atoms with Gasteiger partial charge in [0.1, 0.15) is 5.75 Å². The minimum absolute atomic E-state index is 0.774. The van der Waals surface area contributed by atoms with E-state index in [1.807, 2.05) is 26.1 Å². The number of hydrogen-bond donors (Lipinski definition) is 1. The minimum atomic E-state index is 0.774. The topological polar surface area (TPSA) is 21.3 Å². The van der Waals surface area contributed by atoms with Gasteiger partial charge in [0.15, 0.2) is 0 Å². The molecule has 0 bridgehead atoms. The summed E-state index contributed by atoms with van der Waals surface area (Å²) in [5, 5.41) is 3.89. The van der Waals surface area contributed by atoms with Crippen molar-refractivity contribution in [2.24, 2.45) is 0 Å². The molecule has 0 fully saturated rings. The van der Waals surface area contributed by atoms with Crippen LogP contribution in [-0.2, 0) is 6.42 Å². The predicted octanol–water partition coefficient (Wildman–Crippen LogP) is 2.42. The van der Waals surface area contributed by atoms with Gasteiger partial charge in [0.25, 0.3) is 0 Å². The van der Waals surface area contributed by atoms with Gasteiger partial charge in [0.2, 0.25) is 0 Å². The molecule has 0 heterocycles. The van der Waals surface area contributed by atoms with Gasteiger partial charge < -0.3 is 10.1 Å². The molecule has 78 valence electrons. The summed E-state index contributed by atoms with van der Waals surface area (Å²) in [6, 6.07) is 3.89. The Morgan fingerprint density at radius 1 is 1.43 bits per heavy atom. The third-order valence-corrected chi connectivity index (χ3v) is 2.70. The zero-order valence-corrected chi connectivity index (χ0v) is 9.61. The summed E-state index contributed by atoms with van der Waals surface area (Å²) in [4.78, 5) is 0. The van der Waals surface area contributed by atoms with Crippen LogP contribution in [-0.4, -0.2) is 20.7 Å². The fourth-order valence-corrected chi connectivity index (χ4v) is 1.57. The largest absolute Gasteiger partial charge is 0.497 e. The Hall–Kier alpha value is -0.730. The third-order valence-electron chi connectivity index (χ3n) is 2.31. The summed E-state index contributed by atoms with van der Waals surface area (Å²) in [6.45, 7) is 2.98. The number of methoxy groups -OCH3 is 1. The molecule has 0 aliphatic heterocycles. The van der Waals surface area contributed by atoms with E-state index >= 15 is 0 Å². The molecule has 0 aromatic heterocycles. The first kappa shape index (κ1) is 11.3. The van der Waals surface area contributed by atoms with Gasteiger partial charge in [-0.05, 0) is 50.2 Å². The van der Waals surface area contributed by atoms with Gasteiger partial charge in [-0.1, -0.05) is 11.6 Å². The van der Waals surface area contributed by atoms with Crippen LogP contribution in [0.5, 0.6) is 5.75 Å². The second-order valence-electron chi connectivity index (χ2n) is 3.25. The SMILES string of the molecule is CNCCc1cc(OC)cc(Cl)c1C. The Kier molecular flexibility index (Phi) is 4.23. The average molecular weight is 214 g/mol. The minimum Gasteiger partial charge on any atom is -0.497 e. The Labute approximate surface area is 90.2 Å². The van der Waals surface area contributed by atoms with Crippen LogP contribution in [0.3, 0.4) is 0 Å². The maximum Gasteiger partial charge on any atom is 0.120 e. The first-order valence-corrected chi connectivity index (χ1v) is 5.04. The molecule has 0 radical (unpaired) electrons. The Balaban J connectivity index is 2.95. The van der Waals surface area contributed by atoms with Crippen LogP contribution in [0.4, 0.5) is 0 Å². The van der Waals surface area contributed by atoms with Crippen molar-refractivity contribution < 1.29 is 4.74 Å². The third kappa shape index (κ3) is 2.63. The highest BCUT2D eigenvalue weighted by Gasteiger charge is 2.05. The maximum atomic E-state index is 6.08. The van der Waals surface area contributed by atoms with Gasteiger partial charge in [-0.3, -0.25) is 0 Å². The number of ether oxygens (including phenoxy) is 1. The molecule has 1 rings (SSSR count). The van der Waals surface area contributed by atoms with Crippen LogP contribution >= 0.6 is 11.6 Å². The molecule has 0 aliphatic rings. The van der Waals surface area contributed by atoms with E-state index in [0.717, 1.165) is 29.3 Å². The number of halogens is 1. The molecule has 0 spiro atoms. The Morgan fingerprint density at radius 2 is 2.14 bits per heavy atom. The van der Waals surface area contributed by atoms with Gasteiger partial charge in [-0.2, -0.15) is 0 Å². The van der Waals surface area contributed by atoms with Crippen molar-refractivity contribution in [2.75, 3.05) is 20.7 Å². The predicted molar refractivity (Wildman–Crippen MR) is 60.4 cm³/mol. The molecule has 0 saturated heterocycles. The highest BCUT2D eigenvalue weighted by molar-refractivity contribution is 6.31. The fraction of sp³-hybridized carbons (Fsp3) is 0.455. The van der Waals surface area contributed by atoms with Crippen molar-refractivity contribution in [1.82, 2.24) is 5.32 Å². The van der Waals surface area contributed by atoms with Gasteiger partial charge in [-0.15, -0.1) is 0 Å². The molecule has 0 saturated carbocycles. The van der Waals surface area contributed by atoms with Crippen molar-refractivity contribution in [2.45, 2.75) is 13.3 Å². The van der Waals surface area contributed by atoms with Gasteiger partial charge >= 0.3 is 0 Å². The molecule has 0 unspecified atom stereocenters. The summed E-state index contributed by atoms with van der Waals surface area (Å²) in [5.41, 5.74) is 2.38. The molecule has 1 N–H and O–H groups in total. The Morgan fingerprint density at radius 3 is 2.71 bits per heavy atom. The quantitative estimate of drug-likeness (QED) is 0.830. The number of rotatable bonds is 4. The van der Waals surface area contributed by atoms with E-state index < -0.39 is 0 Å². The van der Waals surface area contributed by atoms with Crippen molar-refractivity contribution in [3.8, 4) is 5.75 Å². The van der Waals surface area contributed by atoms with E-state index in [9.17, 15) is 0 Å². The van der Waals surface area contributed by atoms with Crippen LogP contribution in [0, 0.1) is 6.92 Å². The smallest absolute Gasteiger partial charge is 0.120 e. The molecule has 1 aromatic carbocycles. The van der Waals surface area contributed by atoms with E-state index in [0.29, 0.717) is 0 Å². The van der Waals surface area contributed by atoms with E-state index in [2.05, 4.69) is 5.32 Å². The van der Waals surface area contributed by atoms with Crippen molar-refractivity contribution >= 4 is 11.6 Å². The van der Waals surface area contributed by atoms with Crippen LogP contribution in [0.15, 0.2) is 12.1 Å². The Bertz CT molecular complexity index is 312. The summed E-state index contributed by atoms with van der Waals surface area (Å²) >= 11 is 6.08. The lowest BCUT2D eigenvalue weighted by molar-refractivity contribution is 0.414. The van der Waals surface area contributed by atoms with Gasteiger partial charge in [0, 0.05) is 5.02 Å². The highest BCUT2D eigenvalue weighted by Crippen LogP contribution is 2.26. The van der Waals surface area contributed by atoms with E-state index in [-0.39, 0.29) is 0 Å². The van der Waals surface area contributed by atoms with Crippen molar-refractivity contribution in [1.29, 1.82) is 0 Å². The lowest BCUT2D eigenvalue weighted by Gasteiger charge is -2.10. The standard InChI is InChI=1S/C11H16ClNO/c1-8-9(4-5-13-2)6-10(14-3)7-11(8)12/h6-7,13H,4-5H2,1-3H3. The number of hydrogen-bond acceptors (Lipinski definition) is 2. The summed E-state index contributed by atoms with van der Waals surface area (Å²) in [5.74, 6) is 0.826. The number of benzene rings is 1. The van der Waals surface area contributed by atoms with Crippen LogP contribution in [0.25, 0.3) is 0 Å². The molecular weight excluding hydrogens is 198 g/mol. The molecule has 0 aliphatic carbocycles. The fourth-order valence-electron chi connectivity index (χ4n) is 1.35. The number of nitrogens with one attached hydrogen (secondary N) is 1. The molecule has 3 heteroatoms. The molecule has 2 nitrogen and oxygen atoms in total. The van der Waals surface area contributed by atoms with E-state index in [1.54, 1.807) is 7.11 Å². The monoisotopic (exact) mass is 213 g/mol. The van der Waals surface area contributed by atoms with Crippen LogP contribution in [0.1, 0.15) is 11.1 Å². The zero-order chi connectivity index (χ0) is 10.6. The van der Waals surface area contributed by atoms with Gasteiger partial charge in [-0.25, -0.2) is 0 Å². The molecule has 0 atom stereocenters. The van der Waals surface area contributed by atoms with Gasteiger partial charge in [0.05, 0.1) is 7.11 Å². The van der Waals surface area contributed by atoms with E-state index in [1.165, 1.54) is 5.56 Å². The molecular formula is C11H16ClNO. The number of likely N-dealkylation sites (N-methyl/N-ethyl adjacent to an activating group) is 1. The summed E-state index contributed by atoms with van der Waals surface area (Å²) < 4.78 is 5.17. The molecule has 0 amide bonds. The van der Waals surface area contributed by atoms with Crippen LogP contribution in [0.2, 0.25) is 5.02 Å². The average Bonchev–Trinajstić information content (AvgIpc) is 2.20. The highest BCUT2D eigenvalue weighted by atomic mass is 35.5. The first-order valence-electron chi connectivity index (χ1n) is 4.66. The van der Waals surface area contributed by atoms with Crippen molar-refractivity contribution in [3.63, 3.8) is 0 Å². The van der Waals surface area contributed by atoms with E-state index in [4.69, 9.17) is 16.3 Å². The lowest BCUT2D eigenvalue weighted by atomic mass is 10.1. The molecule has 1 aromatic rings. The second kappa shape index (κ2) is 5.23. The molecule has 14 heavy (non-hydrogen) atoms. The van der Waals surface area contributed by atoms with Crippen molar-refractivity contribution in [3.05, 3.63) is 28.3 Å². The normalized spacial score (nSPS) is 10.3. The first-order chi connectivity index (χ1) is 6.69. The summed E-state index contributed by atoms with van der Waals surface area (Å²) in [7, 11) is 3.60. The second-order valence-corrected chi connectivity index (χ2v) is 3.65. The summed E-state index contributed by atoms with van der Waals surface area (Å²) in [6.07, 6.45) is 0.971. The van der Waals surface area contributed by atoms with Crippen LogP contribution < -0.4 is 10.1 Å². The maximum absolute atomic E-state index is 6.08.